The topological polar surface area (TPSA) is 69.1 Å². The number of carbonyl (C=O) groups is 1. The quantitative estimate of drug-likeness (QED) is 0.427. The predicted molar refractivity (Wildman–Crippen MR) is 40.9 cm³/mol. The second-order valence-electron chi connectivity index (χ2n) is 2.07. The molecule has 0 radical (unpaired) electrons. The molecule has 0 unspecified atom stereocenters. The zero-order chi connectivity index (χ0) is 8.15. The van der Waals surface area contributed by atoms with Gasteiger partial charge in [-0.3, -0.25) is 4.79 Å². The van der Waals surface area contributed by atoms with Crippen molar-refractivity contribution in [1.82, 2.24) is 0 Å². The Bertz CT molecular complexity index is 192. The van der Waals surface area contributed by atoms with E-state index in [1.807, 2.05) is 0 Å². The summed E-state index contributed by atoms with van der Waals surface area (Å²) in [7, 11) is 0. The standard InChI is InChI=1S/C7H12N2O/c1-5(4-8)3-7(9)6(2)10/h3-4H,8-9H2,1-2H3/b5-4-,7-3-. The van der Waals surface area contributed by atoms with Crippen molar-refractivity contribution in [2.75, 3.05) is 0 Å². The summed E-state index contributed by atoms with van der Waals surface area (Å²) in [6.45, 7) is 3.19. The van der Waals surface area contributed by atoms with Crippen molar-refractivity contribution in [2.24, 2.45) is 11.5 Å². The number of rotatable bonds is 2. The molecule has 0 aliphatic rings. The van der Waals surface area contributed by atoms with Crippen molar-refractivity contribution < 1.29 is 4.79 Å². The van der Waals surface area contributed by atoms with Gasteiger partial charge in [0.2, 0.25) is 0 Å². The third kappa shape index (κ3) is 2.91. The van der Waals surface area contributed by atoms with Crippen LogP contribution in [0.25, 0.3) is 0 Å². The Balaban J connectivity index is 4.31. The Hall–Kier alpha value is -1.25. The maximum atomic E-state index is 10.5. The number of carbonyl (C=O) groups excluding carboxylic acids is 1. The summed E-state index contributed by atoms with van der Waals surface area (Å²) in [6, 6.07) is 0. The molecule has 56 valence electrons. The number of hydrogen-bond acceptors (Lipinski definition) is 3. The molecule has 0 fully saturated rings. The summed E-state index contributed by atoms with van der Waals surface area (Å²) in [6.07, 6.45) is 2.94. The Morgan fingerprint density at radius 2 is 1.90 bits per heavy atom. The Morgan fingerprint density at radius 3 is 2.20 bits per heavy atom. The molecule has 0 spiro atoms. The summed E-state index contributed by atoms with van der Waals surface area (Å²) >= 11 is 0. The Kier molecular flexibility index (Phi) is 3.25. The van der Waals surface area contributed by atoms with Crippen LogP contribution in [-0.2, 0) is 4.79 Å². The fourth-order valence-electron chi connectivity index (χ4n) is 0.395. The predicted octanol–water partition coefficient (Wildman–Crippen LogP) is 0.281. The van der Waals surface area contributed by atoms with Gasteiger partial charge in [-0.1, -0.05) is 0 Å². The normalized spacial score (nSPS) is 13.4. The van der Waals surface area contributed by atoms with E-state index in [9.17, 15) is 4.79 Å². The second kappa shape index (κ2) is 3.71. The lowest BCUT2D eigenvalue weighted by Gasteiger charge is -1.93. The molecule has 0 saturated carbocycles. The van der Waals surface area contributed by atoms with E-state index in [-0.39, 0.29) is 11.5 Å². The van der Waals surface area contributed by atoms with Crippen molar-refractivity contribution in [2.45, 2.75) is 13.8 Å². The first-order valence-electron chi connectivity index (χ1n) is 2.94. The fraction of sp³-hybridized carbons (Fsp3) is 0.286. The molecule has 0 bridgehead atoms. The minimum atomic E-state index is -0.138. The summed E-state index contributed by atoms with van der Waals surface area (Å²) in [4.78, 5) is 10.5. The largest absolute Gasteiger partial charge is 0.404 e. The molecular formula is C7H12N2O. The van der Waals surface area contributed by atoms with Crippen LogP contribution in [0.3, 0.4) is 0 Å². The van der Waals surface area contributed by atoms with Crippen molar-refractivity contribution in [1.29, 1.82) is 0 Å². The fourth-order valence-corrected chi connectivity index (χ4v) is 0.395. The zero-order valence-electron chi connectivity index (χ0n) is 6.22. The number of nitrogens with two attached hydrogens (primary N) is 2. The second-order valence-corrected chi connectivity index (χ2v) is 2.07. The minimum absolute atomic E-state index is 0.138. The number of allylic oxidation sites excluding steroid dienone is 3. The van der Waals surface area contributed by atoms with Crippen LogP contribution in [0.5, 0.6) is 0 Å². The first kappa shape index (κ1) is 8.75. The highest BCUT2D eigenvalue weighted by molar-refractivity contribution is 5.92. The summed E-state index contributed by atoms with van der Waals surface area (Å²) in [5, 5.41) is 0. The van der Waals surface area contributed by atoms with Gasteiger partial charge in [0.1, 0.15) is 0 Å². The average molecular weight is 140 g/mol. The van der Waals surface area contributed by atoms with Gasteiger partial charge in [0, 0.05) is 6.92 Å². The molecule has 0 aromatic carbocycles. The molecule has 0 saturated heterocycles. The third-order valence-corrected chi connectivity index (χ3v) is 1.05. The third-order valence-electron chi connectivity index (χ3n) is 1.05. The molecule has 0 rings (SSSR count). The lowest BCUT2D eigenvalue weighted by molar-refractivity contribution is -0.113. The number of ketones is 1. The SMILES string of the molecule is CC(=O)/C(N)=C/C(C)=C\N. The van der Waals surface area contributed by atoms with E-state index >= 15 is 0 Å². The highest BCUT2D eigenvalue weighted by Crippen LogP contribution is 1.95. The van der Waals surface area contributed by atoms with Crippen LogP contribution in [0, 0.1) is 0 Å². The van der Waals surface area contributed by atoms with E-state index in [4.69, 9.17) is 11.5 Å². The molecular weight excluding hydrogens is 128 g/mol. The lowest BCUT2D eigenvalue weighted by Crippen LogP contribution is -2.07. The van der Waals surface area contributed by atoms with Crippen LogP contribution in [0.15, 0.2) is 23.5 Å². The maximum Gasteiger partial charge on any atom is 0.175 e. The van der Waals surface area contributed by atoms with Crippen molar-refractivity contribution >= 4 is 5.78 Å². The first-order chi connectivity index (χ1) is 4.57. The molecule has 0 aliphatic carbocycles. The molecule has 0 amide bonds. The van der Waals surface area contributed by atoms with Crippen LogP contribution >= 0.6 is 0 Å². The van der Waals surface area contributed by atoms with Crippen LogP contribution in [-0.4, -0.2) is 5.78 Å². The molecule has 3 nitrogen and oxygen atoms in total. The molecule has 3 heteroatoms. The first-order valence-corrected chi connectivity index (χ1v) is 2.94. The monoisotopic (exact) mass is 140 g/mol. The number of hydrogen-bond donors (Lipinski definition) is 2. The maximum absolute atomic E-state index is 10.5. The zero-order valence-corrected chi connectivity index (χ0v) is 6.22. The van der Waals surface area contributed by atoms with Crippen LogP contribution < -0.4 is 11.5 Å². The van der Waals surface area contributed by atoms with E-state index in [0.29, 0.717) is 0 Å². The summed E-state index contributed by atoms with van der Waals surface area (Å²) < 4.78 is 0. The highest BCUT2D eigenvalue weighted by atomic mass is 16.1. The lowest BCUT2D eigenvalue weighted by atomic mass is 10.2. The molecule has 0 heterocycles. The van der Waals surface area contributed by atoms with Gasteiger partial charge in [-0.05, 0) is 24.8 Å². The van der Waals surface area contributed by atoms with Crippen LogP contribution in [0.1, 0.15) is 13.8 Å². The van der Waals surface area contributed by atoms with E-state index in [2.05, 4.69) is 0 Å². The van der Waals surface area contributed by atoms with Gasteiger partial charge in [-0.15, -0.1) is 0 Å². The van der Waals surface area contributed by atoms with E-state index in [0.717, 1.165) is 5.57 Å². The van der Waals surface area contributed by atoms with E-state index < -0.39 is 0 Å². The minimum Gasteiger partial charge on any atom is -0.404 e. The van der Waals surface area contributed by atoms with Gasteiger partial charge < -0.3 is 11.5 Å². The number of Topliss-reactive ketones (excluding diaryl/α,β-unsaturated/α-hetero) is 1. The summed E-state index contributed by atoms with van der Waals surface area (Å²) in [5.41, 5.74) is 11.5. The van der Waals surface area contributed by atoms with E-state index in [1.54, 1.807) is 13.0 Å². The van der Waals surface area contributed by atoms with Gasteiger partial charge in [0.05, 0.1) is 5.70 Å². The van der Waals surface area contributed by atoms with Crippen LogP contribution in [0.4, 0.5) is 0 Å². The van der Waals surface area contributed by atoms with Crippen molar-refractivity contribution in [3.8, 4) is 0 Å². The van der Waals surface area contributed by atoms with Gasteiger partial charge >= 0.3 is 0 Å². The molecule has 10 heavy (non-hydrogen) atoms. The smallest absolute Gasteiger partial charge is 0.175 e. The van der Waals surface area contributed by atoms with Crippen molar-refractivity contribution in [3.63, 3.8) is 0 Å². The van der Waals surface area contributed by atoms with Gasteiger partial charge in [-0.2, -0.15) is 0 Å². The Labute approximate surface area is 60.4 Å². The van der Waals surface area contributed by atoms with Crippen LogP contribution in [0.2, 0.25) is 0 Å². The Morgan fingerprint density at radius 1 is 1.40 bits per heavy atom. The van der Waals surface area contributed by atoms with Crippen molar-refractivity contribution in [3.05, 3.63) is 23.5 Å². The molecule has 0 aromatic rings. The van der Waals surface area contributed by atoms with Gasteiger partial charge in [-0.25, -0.2) is 0 Å². The van der Waals surface area contributed by atoms with Gasteiger partial charge in [0.25, 0.3) is 0 Å². The molecule has 4 N–H and O–H groups in total. The molecule has 0 atom stereocenters. The summed E-state index contributed by atoms with van der Waals surface area (Å²) in [5.74, 6) is -0.138. The molecule has 0 aliphatic heterocycles. The highest BCUT2D eigenvalue weighted by Gasteiger charge is 1.94. The van der Waals surface area contributed by atoms with E-state index in [1.165, 1.54) is 13.1 Å². The van der Waals surface area contributed by atoms with Gasteiger partial charge in [0.15, 0.2) is 5.78 Å². The average Bonchev–Trinajstić information content (AvgIpc) is 1.87. The molecule has 0 aromatic heterocycles.